The number of nitrogens with zero attached hydrogens (tertiary/aromatic N) is 2. The molecule has 0 aromatic carbocycles. The van der Waals surface area contributed by atoms with Crippen molar-refractivity contribution in [3.63, 3.8) is 0 Å². The van der Waals surface area contributed by atoms with E-state index in [1.54, 1.807) is 0 Å². The fraction of sp³-hybridized carbons (Fsp3) is 0.600. The zero-order chi connectivity index (χ0) is 9.10. The van der Waals surface area contributed by atoms with Crippen LogP contribution in [0.15, 0.2) is 6.20 Å². The fourth-order valence-corrected chi connectivity index (χ4v) is 1.75. The maximum Gasteiger partial charge on any atom is 0.0728 e. The van der Waals surface area contributed by atoms with E-state index < -0.39 is 0 Å². The molecule has 0 saturated carbocycles. The molecule has 13 heavy (non-hydrogen) atoms. The monoisotopic (exact) mass is 177 g/mol. The number of aromatic nitrogens is 2. The lowest BCUT2D eigenvalue weighted by atomic mass is 10.0. The Morgan fingerprint density at radius 3 is 2.85 bits per heavy atom. The van der Waals surface area contributed by atoms with Gasteiger partial charge in [0.05, 0.1) is 23.3 Å². The van der Waals surface area contributed by atoms with Gasteiger partial charge in [-0.25, -0.2) is 0 Å². The first-order chi connectivity index (χ1) is 6.40. The van der Waals surface area contributed by atoms with E-state index in [1.807, 2.05) is 13.2 Å². The molecular formula is C10H15N3. The summed E-state index contributed by atoms with van der Waals surface area (Å²) in [5.41, 5.74) is 3.49. The van der Waals surface area contributed by atoms with Crippen molar-refractivity contribution in [1.82, 2.24) is 15.3 Å². The molecule has 1 aromatic rings. The molecule has 1 aromatic heterocycles. The van der Waals surface area contributed by atoms with E-state index in [0.29, 0.717) is 0 Å². The molecule has 1 aliphatic rings. The maximum absolute atomic E-state index is 4.58. The van der Waals surface area contributed by atoms with Crippen molar-refractivity contribution in [2.45, 2.75) is 32.2 Å². The molecule has 70 valence electrons. The highest BCUT2D eigenvalue weighted by Crippen LogP contribution is 2.16. The average molecular weight is 177 g/mol. The Morgan fingerprint density at radius 1 is 1.31 bits per heavy atom. The second-order valence-electron chi connectivity index (χ2n) is 3.49. The number of aryl methyl sites for hydroxylation is 2. The van der Waals surface area contributed by atoms with Gasteiger partial charge >= 0.3 is 0 Å². The molecule has 0 radical (unpaired) electrons. The van der Waals surface area contributed by atoms with E-state index in [1.165, 1.54) is 24.2 Å². The zero-order valence-electron chi connectivity index (χ0n) is 8.01. The van der Waals surface area contributed by atoms with E-state index in [2.05, 4.69) is 15.3 Å². The quantitative estimate of drug-likeness (QED) is 0.734. The number of hydrogen-bond acceptors (Lipinski definition) is 3. The van der Waals surface area contributed by atoms with Gasteiger partial charge in [0.1, 0.15) is 0 Å². The molecule has 0 aliphatic heterocycles. The van der Waals surface area contributed by atoms with E-state index in [-0.39, 0.29) is 0 Å². The molecule has 0 bridgehead atoms. The summed E-state index contributed by atoms with van der Waals surface area (Å²) in [6, 6.07) is 0. The third-order valence-corrected chi connectivity index (χ3v) is 2.42. The summed E-state index contributed by atoms with van der Waals surface area (Å²) >= 11 is 0. The minimum Gasteiger partial charge on any atom is -0.314 e. The smallest absolute Gasteiger partial charge is 0.0728 e. The first kappa shape index (κ1) is 8.63. The number of nitrogens with one attached hydrogen (secondary N) is 1. The summed E-state index contributed by atoms with van der Waals surface area (Å²) in [5, 5.41) is 3.09. The highest BCUT2D eigenvalue weighted by atomic mass is 14.9. The minimum absolute atomic E-state index is 0.820. The molecule has 1 N–H and O–H groups in total. The summed E-state index contributed by atoms with van der Waals surface area (Å²) in [6.07, 6.45) is 6.65. The van der Waals surface area contributed by atoms with Crippen LogP contribution in [-0.2, 0) is 19.4 Å². The third kappa shape index (κ3) is 1.86. The third-order valence-electron chi connectivity index (χ3n) is 2.42. The standard InChI is InChI=1S/C10H15N3/c1-11-6-8-7-12-9-4-2-3-5-10(9)13-8/h7,11H,2-6H2,1H3. The van der Waals surface area contributed by atoms with E-state index in [0.717, 1.165) is 25.1 Å². The van der Waals surface area contributed by atoms with Gasteiger partial charge in [-0.3, -0.25) is 9.97 Å². The van der Waals surface area contributed by atoms with E-state index in [4.69, 9.17) is 0 Å². The predicted octanol–water partition coefficient (Wildman–Crippen LogP) is 1.07. The second-order valence-corrected chi connectivity index (χ2v) is 3.49. The van der Waals surface area contributed by atoms with Crippen LogP contribution in [0.5, 0.6) is 0 Å². The fourth-order valence-electron chi connectivity index (χ4n) is 1.75. The summed E-state index contributed by atoms with van der Waals surface area (Å²) in [6.45, 7) is 0.820. The van der Waals surface area contributed by atoms with Gasteiger partial charge in [0.2, 0.25) is 0 Å². The van der Waals surface area contributed by atoms with Crippen LogP contribution in [0.3, 0.4) is 0 Å². The second kappa shape index (κ2) is 3.83. The Morgan fingerprint density at radius 2 is 2.08 bits per heavy atom. The topological polar surface area (TPSA) is 37.8 Å². The molecule has 0 amide bonds. The number of fused-ring (bicyclic) bond motifs is 1. The van der Waals surface area contributed by atoms with Crippen LogP contribution in [0.2, 0.25) is 0 Å². The molecule has 0 spiro atoms. The average Bonchev–Trinajstić information content (AvgIpc) is 2.18. The van der Waals surface area contributed by atoms with Gasteiger partial charge in [0.15, 0.2) is 0 Å². The molecule has 1 heterocycles. The van der Waals surface area contributed by atoms with Gasteiger partial charge < -0.3 is 5.32 Å². The predicted molar refractivity (Wildman–Crippen MR) is 51.4 cm³/mol. The molecule has 1 aliphatic carbocycles. The van der Waals surface area contributed by atoms with Crippen LogP contribution >= 0.6 is 0 Å². The van der Waals surface area contributed by atoms with Gasteiger partial charge in [-0.1, -0.05) is 0 Å². The molecule has 0 atom stereocenters. The van der Waals surface area contributed by atoms with Crippen LogP contribution < -0.4 is 5.32 Å². The van der Waals surface area contributed by atoms with Gasteiger partial charge in [-0.2, -0.15) is 0 Å². The molecule has 0 fully saturated rings. The summed E-state index contributed by atoms with van der Waals surface area (Å²) in [4.78, 5) is 9.01. The maximum atomic E-state index is 4.58. The van der Waals surface area contributed by atoms with Crippen LogP contribution in [0.25, 0.3) is 0 Å². The highest BCUT2D eigenvalue weighted by Gasteiger charge is 2.11. The van der Waals surface area contributed by atoms with Gasteiger partial charge in [0.25, 0.3) is 0 Å². The zero-order valence-corrected chi connectivity index (χ0v) is 8.01. The Balaban J connectivity index is 2.24. The van der Waals surface area contributed by atoms with Crippen molar-refractivity contribution in [1.29, 1.82) is 0 Å². The Bertz CT molecular complexity index is 296. The van der Waals surface area contributed by atoms with Crippen LogP contribution in [-0.4, -0.2) is 17.0 Å². The van der Waals surface area contributed by atoms with Crippen LogP contribution in [0.4, 0.5) is 0 Å². The first-order valence-electron chi connectivity index (χ1n) is 4.88. The van der Waals surface area contributed by atoms with Crippen molar-refractivity contribution < 1.29 is 0 Å². The summed E-state index contributed by atoms with van der Waals surface area (Å²) < 4.78 is 0. The molecule has 0 unspecified atom stereocenters. The lowest BCUT2D eigenvalue weighted by molar-refractivity contribution is 0.637. The van der Waals surface area contributed by atoms with Gasteiger partial charge in [-0.15, -0.1) is 0 Å². The van der Waals surface area contributed by atoms with Crippen LogP contribution in [0, 0.1) is 0 Å². The van der Waals surface area contributed by atoms with Crippen molar-refractivity contribution in [2.75, 3.05) is 7.05 Å². The van der Waals surface area contributed by atoms with Crippen molar-refractivity contribution in [2.24, 2.45) is 0 Å². The molecule has 0 saturated heterocycles. The van der Waals surface area contributed by atoms with Crippen LogP contribution in [0.1, 0.15) is 29.9 Å². The Labute approximate surface area is 78.6 Å². The lowest BCUT2D eigenvalue weighted by Crippen LogP contribution is -2.13. The Hall–Kier alpha value is -0.960. The molecule has 2 rings (SSSR count). The first-order valence-corrected chi connectivity index (χ1v) is 4.88. The van der Waals surface area contributed by atoms with Gasteiger partial charge in [-0.05, 0) is 32.7 Å². The van der Waals surface area contributed by atoms with Gasteiger partial charge in [0, 0.05) is 6.54 Å². The SMILES string of the molecule is CNCc1cnc2c(n1)CCCC2. The normalized spacial score (nSPS) is 15.5. The summed E-state index contributed by atoms with van der Waals surface area (Å²) in [7, 11) is 1.93. The molecular weight excluding hydrogens is 162 g/mol. The largest absolute Gasteiger partial charge is 0.314 e. The number of rotatable bonds is 2. The molecule has 3 heteroatoms. The Kier molecular flexibility index (Phi) is 2.54. The molecule has 3 nitrogen and oxygen atoms in total. The number of hydrogen-bond donors (Lipinski definition) is 1. The minimum atomic E-state index is 0.820. The van der Waals surface area contributed by atoms with Crippen molar-refractivity contribution in [3.8, 4) is 0 Å². The van der Waals surface area contributed by atoms with E-state index >= 15 is 0 Å². The lowest BCUT2D eigenvalue weighted by Gasteiger charge is -2.13. The van der Waals surface area contributed by atoms with Crippen molar-refractivity contribution >= 4 is 0 Å². The van der Waals surface area contributed by atoms with E-state index in [9.17, 15) is 0 Å². The van der Waals surface area contributed by atoms with Crippen molar-refractivity contribution in [3.05, 3.63) is 23.3 Å². The highest BCUT2D eigenvalue weighted by molar-refractivity contribution is 5.16. The summed E-state index contributed by atoms with van der Waals surface area (Å²) in [5.74, 6) is 0.